The van der Waals surface area contributed by atoms with Crippen molar-refractivity contribution in [1.82, 2.24) is 0 Å². The quantitative estimate of drug-likeness (QED) is 0.648. The predicted octanol–water partition coefficient (Wildman–Crippen LogP) is 3.06. The standard InChI is InChI=1S/C17H16FNO5/c1-2-23-17(22)14-7-10-13(24-14)6-5-11(18)16(10)19-15(21)8-12(20)9-3-4-9/h5-7,9H,2-4,8H2,1H3,(H,19,21). The molecule has 6 nitrogen and oxygen atoms in total. The van der Waals surface area contributed by atoms with Crippen LogP contribution in [0.1, 0.15) is 36.7 Å². The second-order valence-electron chi connectivity index (χ2n) is 5.63. The molecule has 0 saturated heterocycles. The smallest absolute Gasteiger partial charge is 0.374 e. The third kappa shape index (κ3) is 3.29. The second-order valence-corrected chi connectivity index (χ2v) is 5.63. The number of benzene rings is 1. The SMILES string of the molecule is CCOC(=O)c1cc2c(NC(=O)CC(=O)C3CC3)c(F)ccc2o1. The van der Waals surface area contributed by atoms with E-state index in [1.165, 1.54) is 12.1 Å². The maximum absolute atomic E-state index is 14.1. The summed E-state index contributed by atoms with van der Waals surface area (Å²) in [5.41, 5.74) is 0.128. The molecule has 0 bridgehead atoms. The van der Waals surface area contributed by atoms with Crippen molar-refractivity contribution >= 4 is 34.3 Å². The Bertz CT molecular complexity index is 822. The number of Topliss-reactive ketones (excluding diaryl/α,β-unsaturated/α-hetero) is 1. The van der Waals surface area contributed by atoms with Crippen LogP contribution in [0, 0.1) is 11.7 Å². The van der Waals surface area contributed by atoms with Crippen LogP contribution in [0.5, 0.6) is 0 Å². The first-order chi connectivity index (χ1) is 11.5. The van der Waals surface area contributed by atoms with E-state index in [1.54, 1.807) is 6.92 Å². The van der Waals surface area contributed by atoms with E-state index in [1.807, 2.05) is 0 Å². The van der Waals surface area contributed by atoms with Crippen molar-refractivity contribution in [3.05, 3.63) is 29.8 Å². The van der Waals surface area contributed by atoms with Gasteiger partial charge >= 0.3 is 5.97 Å². The van der Waals surface area contributed by atoms with Crippen LogP contribution in [0.25, 0.3) is 11.0 Å². The third-order valence-electron chi connectivity index (χ3n) is 3.76. The summed E-state index contributed by atoms with van der Waals surface area (Å²) in [4.78, 5) is 35.4. The van der Waals surface area contributed by atoms with E-state index in [4.69, 9.17) is 9.15 Å². The molecule has 1 aliphatic carbocycles. The molecule has 0 atom stereocenters. The van der Waals surface area contributed by atoms with Crippen LogP contribution in [0.4, 0.5) is 10.1 Å². The van der Waals surface area contributed by atoms with Gasteiger partial charge in [0.1, 0.15) is 17.2 Å². The Hall–Kier alpha value is -2.70. The van der Waals surface area contributed by atoms with E-state index in [9.17, 15) is 18.8 Å². The lowest BCUT2D eigenvalue weighted by molar-refractivity contribution is -0.126. The molecule has 1 aliphatic rings. The summed E-state index contributed by atoms with van der Waals surface area (Å²) in [6.07, 6.45) is 1.32. The number of fused-ring (bicyclic) bond motifs is 1. The van der Waals surface area contributed by atoms with Crippen LogP contribution in [0.15, 0.2) is 22.6 Å². The number of esters is 1. The maximum atomic E-state index is 14.1. The second kappa shape index (κ2) is 6.43. The molecule has 2 aromatic rings. The van der Waals surface area contributed by atoms with Gasteiger partial charge in [0.25, 0.3) is 0 Å². The maximum Gasteiger partial charge on any atom is 0.374 e. The van der Waals surface area contributed by atoms with E-state index in [2.05, 4.69) is 5.32 Å². The number of amides is 1. The Morgan fingerprint density at radius 1 is 1.33 bits per heavy atom. The molecular formula is C17H16FNO5. The lowest BCUT2D eigenvalue weighted by atomic mass is 10.1. The Balaban J connectivity index is 1.85. The average molecular weight is 333 g/mol. The summed E-state index contributed by atoms with van der Waals surface area (Å²) in [6.45, 7) is 1.83. The van der Waals surface area contributed by atoms with Crippen molar-refractivity contribution in [1.29, 1.82) is 0 Å². The summed E-state index contributed by atoms with van der Waals surface area (Å²) in [6, 6.07) is 3.80. The highest BCUT2D eigenvalue weighted by molar-refractivity contribution is 6.09. The molecule has 0 spiro atoms. The van der Waals surface area contributed by atoms with Crippen LogP contribution in [-0.4, -0.2) is 24.3 Å². The number of rotatable bonds is 6. The fourth-order valence-electron chi connectivity index (χ4n) is 2.41. The number of carbonyl (C=O) groups is 3. The zero-order valence-corrected chi connectivity index (χ0v) is 13.1. The van der Waals surface area contributed by atoms with E-state index in [-0.39, 0.29) is 47.1 Å². The number of furan rings is 1. The van der Waals surface area contributed by atoms with Gasteiger partial charge < -0.3 is 14.5 Å². The number of ether oxygens (including phenoxy) is 1. The minimum atomic E-state index is -0.675. The van der Waals surface area contributed by atoms with Gasteiger partial charge in [0.2, 0.25) is 11.7 Å². The Morgan fingerprint density at radius 2 is 2.08 bits per heavy atom. The molecule has 1 saturated carbocycles. The zero-order valence-electron chi connectivity index (χ0n) is 13.1. The monoisotopic (exact) mass is 333 g/mol. The Morgan fingerprint density at radius 3 is 2.75 bits per heavy atom. The fraction of sp³-hybridized carbons (Fsp3) is 0.353. The molecule has 3 rings (SSSR count). The highest BCUT2D eigenvalue weighted by Gasteiger charge is 2.31. The molecule has 24 heavy (non-hydrogen) atoms. The van der Waals surface area contributed by atoms with Gasteiger partial charge in [-0.15, -0.1) is 0 Å². The Kier molecular flexibility index (Phi) is 4.33. The molecule has 0 unspecified atom stereocenters. The van der Waals surface area contributed by atoms with Crippen molar-refractivity contribution in [2.45, 2.75) is 26.2 Å². The van der Waals surface area contributed by atoms with Gasteiger partial charge in [0.05, 0.1) is 18.7 Å². The summed E-state index contributed by atoms with van der Waals surface area (Å²) in [5.74, 6) is -2.19. The van der Waals surface area contributed by atoms with E-state index in [0.717, 1.165) is 18.9 Å². The molecule has 0 radical (unpaired) electrons. The van der Waals surface area contributed by atoms with Gasteiger partial charge in [-0.2, -0.15) is 0 Å². The minimum Gasteiger partial charge on any atom is -0.460 e. The van der Waals surface area contributed by atoms with Gasteiger partial charge in [-0.25, -0.2) is 9.18 Å². The largest absolute Gasteiger partial charge is 0.460 e. The van der Waals surface area contributed by atoms with E-state index < -0.39 is 17.7 Å². The van der Waals surface area contributed by atoms with Gasteiger partial charge in [-0.05, 0) is 31.9 Å². The first-order valence-corrected chi connectivity index (χ1v) is 7.71. The van der Waals surface area contributed by atoms with E-state index in [0.29, 0.717) is 0 Å². The molecule has 1 heterocycles. The van der Waals surface area contributed by atoms with Crippen molar-refractivity contribution < 1.29 is 27.9 Å². The van der Waals surface area contributed by atoms with Crippen LogP contribution >= 0.6 is 0 Å². The van der Waals surface area contributed by atoms with Crippen molar-refractivity contribution in [2.75, 3.05) is 11.9 Å². The van der Waals surface area contributed by atoms with E-state index >= 15 is 0 Å². The highest BCUT2D eigenvalue weighted by Crippen LogP contribution is 2.32. The molecular weight excluding hydrogens is 317 g/mol. The first kappa shape index (κ1) is 16.2. The summed E-state index contributed by atoms with van der Waals surface area (Å²) in [5, 5.41) is 2.65. The van der Waals surface area contributed by atoms with Crippen LogP contribution in [-0.2, 0) is 14.3 Å². The molecule has 126 valence electrons. The minimum absolute atomic E-state index is 0.0410. The Labute approximate surface area is 136 Å². The summed E-state index contributed by atoms with van der Waals surface area (Å²) >= 11 is 0. The van der Waals surface area contributed by atoms with Crippen LogP contribution in [0.2, 0.25) is 0 Å². The molecule has 1 fully saturated rings. The summed E-state index contributed by atoms with van der Waals surface area (Å²) < 4.78 is 24.3. The van der Waals surface area contributed by atoms with Crippen LogP contribution in [0.3, 0.4) is 0 Å². The topological polar surface area (TPSA) is 85.6 Å². The number of ketones is 1. The first-order valence-electron chi connectivity index (χ1n) is 7.71. The van der Waals surface area contributed by atoms with Crippen molar-refractivity contribution in [3.8, 4) is 0 Å². The van der Waals surface area contributed by atoms with Crippen molar-refractivity contribution in [3.63, 3.8) is 0 Å². The normalized spacial score (nSPS) is 13.8. The van der Waals surface area contributed by atoms with Gasteiger partial charge in [0, 0.05) is 17.4 Å². The number of anilines is 1. The molecule has 0 aliphatic heterocycles. The number of hydrogen-bond acceptors (Lipinski definition) is 5. The number of carbonyl (C=O) groups excluding carboxylic acids is 3. The lowest BCUT2D eigenvalue weighted by Gasteiger charge is -2.06. The molecule has 1 amide bonds. The van der Waals surface area contributed by atoms with Gasteiger partial charge in [-0.3, -0.25) is 9.59 Å². The van der Waals surface area contributed by atoms with Gasteiger partial charge in [0.15, 0.2) is 0 Å². The fourth-order valence-corrected chi connectivity index (χ4v) is 2.41. The molecule has 7 heteroatoms. The molecule has 1 N–H and O–H groups in total. The van der Waals surface area contributed by atoms with Gasteiger partial charge in [-0.1, -0.05) is 0 Å². The summed E-state index contributed by atoms with van der Waals surface area (Å²) in [7, 11) is 0. The third-order valence-corrected chi connectivity index (χ3v) is 3.76. The molecule has 1 aromatic carbocycles. The van der Waals surface area contributed by atoms with Crippen LogP contribution < -0.4 is 5.32 Å². The number of nitrogens with one attached hydrogen (secondary N) is 1. The average Bonchev–Trinajstić information content (AvgIpc) is 3.29. The molecule has 1 aromatic heterocycles. The number of hydrogen-bond donors (Lipinski definition) is 1. The van der Waals surface area contributed by atoms with Crippen molar-refractivity contribution in [2.24, 2.45) is 5.92 Å². The number of halogens is 1. The lowest BCUT2D eigenvalue weighted by Crippen LogP contribution is -2.18. The predicted molar refractivity (Wildman–Crippen MR) is 83.1 cm³/mol. The highest BCUT2D eigenvalue weighted by atomic mass is 19.1. The zero-order chi connectivity index (χ0) is 17.3.